The molecule has 4 aliphatic rings. The smallest absolute Gasteiger partial charge is 0.341 e. The number of esters is 1. The lowest BCUT2D eigenvalue weighted by Gasteiger charge is -2.54. The predicted molar refractivity (Wildman–Crippen MR) is 124 cm³/mol. The summed E-state index contributed by atoms with van der Waals surface area (Å²) in [6.07, 6.45) is 13.9. The maximum atomic E-state index is 13.4. The molecule has 3 fully saturated rings. The van der Waals surface area contributed by atoms with Crippen LogP contribution in [-0.2, 0) is 16.1 Å². The van der Waals surface area contributed by atoms with Crippen molar-refractivity contribution in [1.29, 1.82) is 0 Å². The molecule has 5 rings (SSSR count). The first-order valence-corrected chi connectivity index (χ1v) is 12.9. The molecule has 180 valence electrons. The molecule has 0 spiro atoms. The third-order valence-corrected chi connectivity index (χ3v) is 9.57. The highest BCUT2D eigenvalue weighted by Crippen LogP contribution is 2.63. The molecule has 1 N–H and O–H groups in total. The van der Waals surface area contributed by atoms with Gasteiger partial charge in [0, 0.05) is 12.1 Å². The number of fused-ring (bicyclic) bond motifs is 5. The molecule has 7 atom stereocenters. The van der Waals surface area contributed by atoms with E-state index in [1.54, 1.807) is 17.8 Å². The van der Waals surface area contributed by atoms with Gasteiger partial charge >= 0.3 is 5.97 Å². The first-order chi connectivity index (χ1) is 15.7. The molecule has 4 aliphatic carbocycles. The van der Waals surface area contributed by atoms with Crippen molar-refractivity contribution in [2.45, 2.75) is 84.3 Å². The van der Waals surface area contributed by atoms with Crippen LogP contribution in [0.4, 0.5) is 0 Å². The van der Waals surface area contributed by atoms with Crippen LogP contribution < -0.4 is 0 Å². The molecule has 0 bridgehead atoms. The van der Waals surface area contributed by atoms with Gasteiger partial charge in [0.25, 0.3) is 0 Å². The zero-order chi connectivity index (χ0) is 23.4. The van der Waals surface area contributed by atoms with E-state index < -0.39 is 11.6 Å². The fourth-order valence-electron chi connectivity index (χ4n) is 8.04. The summed E-state index contributed by atoms with van der Waals surface area (Å²) in [7, 11) is 0. The third-order valence-electron chi connectivity index (χ3n) is 9.57. The molecule has 0 radical (unpaired) electrons. The molecule has 3 saturated carbocycles. The van der Waals surface area contributed by atoms with Gasteiger partial charge in [-0.1, -0.05) is 18.6 Å². The van der Waals surface area contributed by atoms with Crippen molar-refractivity contribution in [1.82, 2.24) is 9.78 Å². The molecule has 1 heterocycles. The van der Waals surface area contributed by atoms with Gasteiger partial charge in [0.05, 0.1) is 30.5 Å². The Hall–Kier alpha value is -1.95. The van der Waals surface area contributed by atoms with Crippen molar-refractivity contribution in [2.75, 3.05) is 6.61 Å². The summed E-state index contributed by atoms with van der Waals surface area (Å²) < 4.78 is 6.63. The minimum Gasteiger partial charge on any atom is -0.462 e. The van der Waals surface area contributed by atoms with E-state index in [4.69, 9.17) is 4.74 Å². The number of Topliss-reactive ketones (excluding diaryl/α,β-unsaturated/α-hetero) is 1. The number of aliphatic hydroxyl groups is 1. The number of ether oxygens (including phenoxy) is 1. The lowest BCUT2D eigenvalue weighted by atomic mass is 9.51. The van der Waals surface area contributed by atoms with E-state index in [1.807, 2.05) is 6.92 Å². The Labute approximate surface area is 196 Å². The van der Waals surface area contributed by atoms with Gasteiger partial charge in [-0.3, -0.25) is 9.48 Å². The fourth-order valence-corrected chi connectivity index (χ4v) is 8.04. The first kappa shape index (κ1) is 22.8. The van der Waals surface area contributed by atoms with Crippen LogP contribution in [0.25, 0.3) is 0 Å². The predicted octanol–water partition coefficient (Wildman–Crippen LogP) is 4.57. The van der Waals surface area contributed by atoms with E-state index >= 15 is 0 Å². The average molecular weight is 455 g/mol. The first-order valence-electron chi connectivity index (χ1n) is 12.9. The summed E-state index contributed by atoms with van der Waals surface area (Å²) in [4.78, 5) is 25.4. The Kier molecular flexibility index (Phi) is 5.79. The van der Waals surface area contributed by atoms with Crippen molar-refractivity contribution in [2.24, 2.45) is 35.0 Å². The van der Waals surface area contributed by atoms with Crippen LogP contribution in [-0.4, -0.2) is 38.8 Å². The number of hydrogen-bond acceptors (Lipinski definition) is 5. The number of hydrogen-bond donors (Lipinski definition) is 1. The van der Waals surface area contributed by atoms with Gasteiger partial charge in [-0.05, 0) is 94.3 Å². The zero-order valence-corrected chi connectivity index (χ0v) is 20.3. The Balaban J connectivity index is 1.29. The molecule has 1 aromatic heterocycles. The van der Waals surface area contributed by atoms with Gasteiger partial charge in [0.1, 0.15) is 0 Å². The summed E-state index contributed by atoms with van der Waals surface area (Å²) >= 11 is 0. The zero-order valence-electron chi connectivity index (χ0n) is 20.3. The lowest BCUT2D eigenvalue weighted by molar-refractivity contribution is -0.129. The van der Waals surface area contributed by atoms with Crippen LogP contribution in [0.2, 0.25) is 0 Å². The molecular formula is C27H38N2O4. The molecule has 0 amide bonds. The summed E-state index contributed by atoms with van der Waals surface area (Å²) in [6.45, 7) is 6.67. The number of aromatic nitrogens is 2. The second kappa shape index (κ2) is 8.37. The topological polar surface area (TPSA) is 81.4 Å². The number of allylic oxidation sites excluding steroid dienone is 1. The second-order valence-electron chi connectivity index (χ2n) is 11.6. The molecule has 7 unspecified atom stereocenters. The highest BCUT2D eigenvalue weighted by Gasteiger charge is 2.57. The molecular weight excluding hydrogens is 416 g/mol. The molecule has 6 nitrogen and oxygen atoms in total. The molecule has 33 heavy (non-hydrogen) atoms. The highest BCUT2D eigenvalue weighted by molar-refractivity contribution is 5.89. The summed E-state index contributed by atoms with van der Waals surface area (Å²) in [6, 6.07) is 0. The largest absolute Gasteiger partial charge is 0.462 e. The molecule has 0 saturated heterocycles. The number of ketones is 1. The Morgan fingerprint density at radius 1 is 1.18 bits per heavy atom. The average Bonchev–Trinajstić information content (AvgIpc) is 3.37. The number of nitrogens with zero attached hydrogens (tertiary/aromatic N) is 2. The minimum absolute atomic E-state index is 0.0564. The Morgan fingerprint density at radius 2 is 2.00 bits per heavy atom. The Morgan fingerprint density at radius 3 is 2.79 bits per heavy atom. The molecule has 1 aromatic rings. The van der Waals surface area contributed by atoms with Crippen molar-refractivity contribution >= 4 is 11.8 Å². The van der Waals surface area contributed by atoms with Gasteiger partial charge in [-0.15, -0.1) is 0 Å². The highest BCUT2D eigenvalue weighted by atomic mass is 16.5. The van der Waals surface area contributed by atoms with Crippen LogP contribution in [0.15, 0.2) is 24.0 Å². The number of carbonyl (C=O) groups excluding carboxylic acids is 2. The van der Waals surface area contributed by atoms with Gasteiger partial charge in [-0.25, -0.2) is 4.79 Å². The SMILES string of the molecule is CCOC(=O)c1cnn(CC(=O)C2CCC3C4CC=C5CC(C)(O)CCC5C4CCC23C)c1. The molecule has 6 heteroatoms. The number of rotatable bonds is 5. The van der Waals surface area contributed by atoms with Crippen molar-refractivity contribution in [3.05, 3.63) is 29.6 Å². The Bertz CT molecular complexity index is 963. The summed E-state index contributed by atoms with van der Waals surface area (Å²) in [5.74, 6) is 2.53. The summed E-state index contributed by atoms with van der Waals surface area (Å²) in [5.41, 5.74) is 1.42. The number of carbonyl (C=O) groups is 2. The van der Waals surface area contributed by atoms with Gasteiger partial charge < -0.3 is 9.84 Å². The van der Waals surface area contributed by atoms with E-state index in [1.165, 1.54) is 18.2 Å². The maximum absolute atomic E-state index is 13.4. The quantitative estimate of drug-likeness (QED) is 0.521. The standard InChI is InChI=1S/C27H38N2O4/c1-4-33-25(31)18-14-28-29(15-18)16-24(30)23-8-7-22-21-6-5-17-13-26(2,32)11-9-19(17)20(21)10-12-27(22,23)3/h5,14-15,19-23,32H,4,6-13,16H2,1-3H3. The van der Waals surface area contributed by atoms with Crippen LogP contribution in [0, 0.1) is 35.0 Å². The van der Waals surface area contributed by atoms with E-state index in [-0.39, 0.29) is 23.7 Å². The third kappa shape index (κ3) is 3.98. The van der Waals surface area contributed by atoms with E-state index in [9.17, 15) is 14.7 Å². The minimum atomic E-state index is -0.539. The van der Waals surface area contributed by atoms with E-state index in [0.29, 0.717) is 35.8 Å². The van der Waals surface area contributed by atoms with Gasteiger partial charge in [-0.2, -0.15) is 5.10 Å². The van der Waals surface area contributed by atoms with Crippen molar-refractivity contribution in [3.8, 4) is 0 Å². The van der Waals surface area contributed by atoms with Crippen LogP contribution in [0.5, 0.6) is 0 Å². The molecule has 0 aromatic carbocycles. The van der Waals surface area contributed by atoms with E-state index in [0.717, 1.165) is 44.9 Å². The molecule has 0 aliphatic heterocycles. The van der Waals surface area contributed by atoms with Crippen molar-refractivity contribution < 1.29 is 19.4 Å². The van der Waals surface area contributed by atoms with E-state index in [2.05, 4.69) is 18.1 Å². The monoisotopic (exact) mass is 454 g/mol. The second-order valence-corrected chi connectivity index (χ2v) is 11.6. The maximum Gasteiger partial charge on any atom is 0.341 e. The van der Waals surface area contributed by atoms with Gasteiger partial charge in [0.15, 0.2) is 5.78 Å². The fraction of sp³-hybridized carbons (Fsp3) is 0.741. The normalized spacial score (nSPS) is 39.8. The van der Waals surface area contributed by atoms with Crippen molar-refractivity contribution in [3.63, 3.8) is 0 Å². The lowest BCUT2D eigenvalue weighted by Crippen LogP contribution is -2.48. The summed E-state index contributed by atoms with van der Waals surface area (Å²) in [5, 5.41) is 14.8. The van der Waals surface area contributed by atoms with Crippen LogP contribution in [0.1, 0.15) is 82.5 Å². The van der Waals surface area contributed by atoms with Crippen LogP contribution in [0.3, 0.4) is 0 Å². The van der Waals surface area contributed by atoms with Crippen LogP contribution >= 0.6 is 0 Å². The van der Waals surface area contributed by atoms with Gasteiger partial charge in [0.2, 0.25) is 0 Å².